The Balaban J connectivity index is 2.32. The molecular weight excluding hydrogens is 194 g/mol. The van der Waals surface area contributed by atoms with Gasteiger partial charge in [0.05, 0.1) is 13.7 Å². The Morgan fingerprint density at radius 1 is 1.67 bits per heavy atom. The average Bonchev–Trinajstić information content (AvgIpc) is 2.28. The molecule has 1 rings (SSSR count). The summed E-state index contributed by atoms with van der Waals surface area (Å²) in [5, 5.41) is 0. The summed E-state index contributed by atoms with van der Waals surface area (Å²) in [7, 11) is 3.38. The molecule has 0 aromatic carbocycles. The van der Waals surface area contributed by atoms with Gasteiger partial charge in [-0.2, -0.15) is 0 Å². The first-order valence-corrected chi connectivity index (χ1v) is 5.51. The highest BCUT2D eigenvalue weighted by Gasteiger charge is 2.22. The fourth-order valence-corrected chi connectivity index (χ4v) is 1.87. The summed E-state index contributed by atoms with van der Waals surface area (Å²) in [5.41, 5.74) is 0. The molecule has 1 saturated heterocycles. The smallest absolute Gasteiger partial charge is 0.322 e. The van der Waals surface area contributed by atoms with Crippen LogP contribution in [0.25, 0.3) is 0 Å². The van der Waals surface area contributed by atoms with Gasteiger partial charge in [-0.05, 0) is 32.7 Å². The van der Waals surface area contributed by atoms with Crippen molar-refractivity contribution in [1.29, 1.82) is 0 Å². The number of hydrogen-bond donors (Lipinski definition) is 0. The first kappa shape index (κ1) is 12.5. The standard InChI is InChI=1S/C11H21NO3/c1-9(11(13)14-3)12(2)7-10-5-4-6-15-8-10/h9-10H,4-8H2,1-3H3. The van der Waals surface area contributed by atoms with Crippen LogP contribution in [0.1, 0.15) is 19.8 Å². The number of likely N-dealkylation sites (N-methyl/N-ethyl adjacent to an activating group) is 1. The van der Waals surface area contributed by atoms with Gasteiger partial charge in [-0.15, -0.1) is 0 Å². The van der Waals surface area contributed by atoms with Crippen molar-refractivity contribution < 1.29 is 14.3 Å². The highest BCUT2D eigenvalue weighted by molar-refractivity contribution is 5.75. The number of esters is 1. The zero-order valence-corrected chi connectivity index (χ0v) is 9.86. The molecule has 0 amide bonds. The highest BCUT2D eigenvalue weighted by Crippen LogP contribution is 2.15. The van der Waals surface area contributed by atoms with Crippen LogP contribution < -0.4 is 0 Å². The largest absolute Gasteiger partial charge is 0.468 e. The van der Waals surface area contributed by atoms with Crippen LogP contribution in [0.15, 0.2) is 0 Å². The van der Waals surface area contributed by atoms with E-state index in [1.807, 2.05) is 18.9 Å². The van der Waals surface area contributed by atoms with Crippen LogP contribution in [0.3, 0.4) is 0 Å². The van der Waals surface area contributed by atoms with Gasteiger partial charge >= 0.3 is 5.97 Å². The minimum absolute atomic E-state index is 0.170. The molecule has 4 nitrogen and oxygen atoms in total. The Morgan fingerprint density at radius 2 is 2.40 bits per heavy atom. The molecule has 15 heavy (non-hydrogen) atoms. The highest BCUT2D eigenvalue weighted by atomic mass is 16.5. The molecule has 1 heterocycles. The molecule has 88 valence electrons. The summed E-state index contributed by atoms with van der Waals surface area (Å²) >= 11 is 0. The fraction of sp³-hybridized carbons (Fsp3) is 0.909. The summed E-state index contributed by atoms with van der Waals surface area (Å²) in [4.78, 5) is 13.3. The minimum atomic E-state index is -0.172. The van der Waals surface area contributed by atoms with Gasteiger partial charge in [0.15, 0.2) is 0 Å². The van der Waals surface area contributed by atoms with E-state index in [9.17, 15) is 4.79 Å². The van der Waals surface area contributed by atoms with Gasteiger partial charge in [-0.3, -0.25) is 9.69 Å². The van der Waals surface area contributed by atoms with Crippen molar-refractivity contribution in [2.75, 3.05) is 33.9 Å². The van der Waals surface area contributed by atoms with E-state index >= 15 is 0 Å². The number of ether oxygens (including phenoxy) is 2. The fourth-order valence-electron chi connectivity index (χ4n) is 1.87. The van der Waals surface area contributed by atoms with Crippen LogP contribution in [0.4, 0.5) is 0 Å². The van der Waals surface area contributed by atoms with Gasteiger partial charge in [-0.1, -0.05) is 0 Å². The van der Waals surface area contributed by atoms with Crippen molar-refractivity contribution in [2.45, 2.75) is 25.8 Å². The van der Waals surface area contributed by atoms with E-state index in [0.29, 0.717) is 5.92 Å². The number of carbonyl (C=O) groups excluding carboxylic acids is 1. The maximum absolute atomic E-state index is 11.3. The predicted octanol–water partition coefficient (Wildman–Crippen LogP) is 0.906. The van der Waals surface area contributed by atoms with E-state index < -0.39 is 0 Å². The van der Waals surface area contributed by atoms with Crippen molar-refractivity contribution in [3.8, 4) is 0 Å². The second-order valence-corrected chi connectivity index (χ2v) is 4.22. The Morgan fingerprint density at radius 3 is 2.93 bits per heavy atom. The predicted molar refractivity (Wildman–Crippen MR) is 57.7 cm³/mol. The zero-order valence-electron chi connectivity index (χ0n) is 9.86. The lowest BCUT2D eigenvalue weighted by Gasteiger charge is -2.29. The first-order chi connectivity index (χ1) is 7.15. The van der Waals surface area contributed by atoms with E-state index in [2.05, 4.69) is 0 Å². The van der Waals surface area contributed by atoms with Gasteiger partial charge in [0, 0.05) is 13.2 Å². The third-order valence-corrected chi connectivity index (χ3v) is 3.00. The molecule has 2 unspecified atom stereocenters. The average molecular weight is 215 g/mol. The lowest BCUT2D eigenvalue weighted by atomic mass is 10.0. The van der Waals surface area contributed by atoms with E-state index in [-0.39, 0.29) is 12.0 Å². The van der Waals surface area contributed by atoms with Crippen molar-refractivity contribution in [3.63, 3.8) is 0 Å². The number of methoxy groups -OCH3 is 1. The van der Waals surface area contributed by atoms with E-state index in [4.69, 9.17) is 9.47 Å². The van der Waals surface area contributed by atoms with Crippen LogP contribution in [0, 0.1) is 5.92 Å². The molecule has 0 saturated carbocycles. The van der Waals surface area contributed by atoms with E-state index in [1.54, 1.807) is 0 Å². The molecule has 1 aliphatic rings. The van der Waals surface area contributed by atoms with Crippen molar-refractivity contribution in [3.05, 3.63) is 0 Å². The maximum atomic E-state index is 11.3. The van der Waals surface area contributed by atoms with Gasteiger partial charge in [0.1, 0.15) is 6.04 Å². The Hall–Kier alpha value is -0.610. The van der Waals surface area contributed by atoms with Crippen LogP contribution in [-0.4, -0.2) is 50.8 Å². The normalized spacial score (nSPS) is 23.9. The van der Waals surface area contributed by atoms with E-state index in [0.717, 1.165) is 26.2 Å². The number of hydrogen-bond acceptors (Lipinski definition) is 4. The first-order valence-electron chi connectivity index (χ1n) is 5.51. The van der Waals surface area contributed by atoms with Crippen LogP contribution >= 0.6 is 0 Å². The second kappa shape index (κ2) is 6.08. The molecule has 0 N–H and O–H groups in total. The summed E-state index contributed by atoms with van der Waals surface area (Å²) in [6.45, 7) is 4.47. The maximum Gasteiger partial charge on any atom is 0.322 e. The van der Waals surface area contributed by atoms with Gasteiger partial charge < -0.3 is 9.47 Å². The summed E-state index contributed by atoms with van der Waals surface area (Å²) < 4.78 is 10.1. The SMILES string of the molecule is COC(=O)C(C)N(C)CC1CCCOC1. The molecule has 0 spiro atoms. The third-order valence-electron chi connectivity index (χ3n) is 3.00. The lowest BCUT2D eigenvalue weighted by molar-refractivity contribution is -0.146. The Kier molecular flexibility index (Phi) is 5.05. The van der Waals surface area contributed by atoms with Crippen LogP contribution in [-0.2, 0) is 14.3 Å². The molecule has 0 aliphatic carbocycles. The van der Waals surface area contributed by atoms with Crippen molar-refractivity contribution >= 4 is 5.97 Å². The Bertz CT molecular complexity index is 202. The number of nitrogens with zero attached hydrogens (tertiary/aromatic N) is 1. The number of rotatable bonds is 4. The summed E-state index contributed by atoms with van der Waals surface area (Å²) in [6, 6.07) is -0.170. The monoisotopic (exact) mass is 215 g/mol. The molecule has 0 aromatic rings. The molecule has 2 atom stereocenters. The zero-order chi connectivity index (χ0) is 11.3. The van der Waals surface area contributed by atoms with Gasteiger partial charge in [-0.25, -0.2) is 0 Å². The molecule has 0 aromatic heterocycles. The molecule has 4 heteroatoms. The van der Waals surface area contributed by atoms with Gasteiger partial charge in [0.2, 0.25) is 0 Å². The van der Waals surface area contributed by atoms with Crippen molar-refractivity contribution in [2.24, 2.45) is 5.92 Å². The van der Waals surface area contributed by atoms with Crippen LogP contribution in [0.5, 0.6) is 0 Å². The Labute approximate surface area is 91.5 Å². The molecule has 0 radical (unpaired) electrons. The van der Waals surface area contributed by atoms with Crippen molar-refractivity contribution in [1.82, 2.24) is 4.90 Å². The topological polar surface area (TPSA) is 38.8 Å². The molecule has 1 aliphatic heterocycles. The van der Waals surface area contributed by atoms with Crippen LogP contribution in [0.2, 0.25) is 0 Å². The third kappa shape index (κ3) is 3.80. The number of carbonyl (C=O) groups is 1. The van der Waals surface area contributed by atoms with Gasteiger partial charge in [0.25, 0.3) is 0 Å². The minimum Gasteiger partial charge on any atom is -0.468 e. The summed E-state index contributed by atoms with van der Waals surface area (Å²) in [5.74, 6) is 0.380. The molecule has 1 fully saturated rings. The molecule has 0 bridgehead atoms. The van der Waals surface area contributed by atoms with E-state index in [1.165, 1.54) is 13.5 Å². The lowest BCUT2D eigenvalue weighted by Crippen LogP contribution is -2.41. The summed E-state index contributed by atoms with van der Waals surface area (Å²) in [6.07, 6.45) is 2.32. The second-order valence-electron chi connectivity index (χ2n) is 4.22. The quantitative estimate of drug-likeness (QED) is 0.653. The molecular formula is C11H21NO3.